The van der Waals surface area contributed by atoms with Gasteiger partial charge in [0.15, 0.2) is 6.61 Å². The van der Waals surface area contributed by atoms with Crippen molar-refractivity contribution in [2.45, 2.75) is 6.42 Å². The number of nitrogen functional groups attached to an aromatic ring is 1. The molecule has 0 spiro atoms. The maximum Gasteiger partial charge on any atom is 0.262 e. The number of ether oxygens (including phenoxy) is 1. The van der Waals surface area contributed by atoms with Crippen LogP contribution in [-0.4, -0.2) is 24.2 Å². The van der Waals surface area contributed by atoms with Crippen molar-refractivity contribution in [2.75, 3.05) is 24.3 Å². The van der Waals surface area contributed by atoms with Crippen LogP contribution < -0.4 is 15.8 Å². The molecular weight excluding hydrogens is 268 g/mol. The van der Waals surface area contributed by atoms with Crippen LogP contribution in [0.1, 0.15) is 5.56 Å². The van der Waals surface area contributed by atoms with Gasteiger partial charge in [0.05, 0.1) is 0 Å². The first-order valence-electron chi connectivity index (χ1n) is 6.65. The summed E-state index contributed by atoms with van der Waals surface area (Å²) < 4.78 is 5.36. The zero-order valence-electron chi connectivity index (χ0n) is 11.6. The number of nitrogens with one attached hydrogen (secondary N) is 1. The molecule has 0 aliphatic heterocycles. The Morgan fingerprint density at radius 3 is 2.38 bits per heavy atom. The Hall–Kier alpha value is -2.53. The highest BCUT2D eigenvalue weighted by Crippen LogP contribution is 2.13. The van der Waals surface area contributed by atoms with Gasteiger partial charge in [-0.25, -0.2) is 0 Å². The Kier molecular flexibility index (Phi) is 5.17. The predicted molar refractivity (Wildman–Crippen MR) is 82.2 cm³/mol. The van der Waals surface area contributed by atoms with E-state index in [1.165, 1.54) is 0 Å². The van der Waals surface area contributed by atoms with Gasteiger partial charge in [-0.1, -0.05) is 12.1 Å². The van der Waals surface area contributed by atoms with E-state index in [0.29, 0.717) is 23.5 Å². The van der Waals surface area contributed by atoms with Crippen molar-refractivity contribution in [3.63, 3.8) is 0 Å². The van der Waals surface area contributed by atoms with Crippen LogP contribution in [-0.2, 0) is 11.2 Å². The minimum absolute atomic E-state index is 0.0672. The lowest BCUT2D eigenvalue weighted by molar-refractivity contribution is -0.118. The minimum atomic E-state index is -0.235. The molecule has 0 atom stereocenters. The highest BCUT2D eigenvalue weighted by Gasteiger charge is 2.04. The quantitative estimate of drug-likeness (QED) is 0.707. The van der Waals surface area contributed by atoms with Crippen molar-refractivity contribution in [3.8, 4) is 5.75 Å². The molecule has 0 fully saturated rings. The molecule has 5 heteroatoms. The van der Waals surface area contributed by atoms with E-state index in [1.807, 2.05) is 12.1 Å². The van der Waals surface area contributed by atoms with Gasteiger partial charge >= 0.3 is 0 Å². The zero-order valence-corrected chi connectivity index (χ0v) is 11.6. The number of aliphatic hydroxyl groups excluding tert-OH is 1. The van der Waals surface area contributed by atoms with Gasteiger partial charge in [0.1, 0.15) is 5.75 Å². The standard InChI is InChI=1S/C16H18N2O3/c17-13-3-7-15(8-4-13)21-11-16(20)18-14-5-1-12(2-6-14)9-10-19/h1-8,19H,9-11,17H2,(H,18,20). The minimum Gasteiger partial charge on any atom is -0.484 e. The molecule has 0 aromatic heterocycles. The summed E-state index contributed by atoms with van der Waals surface area (Å²) in [5.41, 5.74) is 7.93. The normalized spacial score (nSPS) is 10.1. The maximum atomic E-state index is 11.8. The largest absolute Gasteiger partial charge is 0.484 e. The fourth-order valence-electron chi connectivity index (χ4n) is 1.79. The first-order chi connectivity index (χ1) is 10.2. The van der Waals surface area contributed by atoms with Gasteiger partial charge < -0.3 is 20.9 Å². The third kappa shape index (κ3) is 4.81. The topological polar surface area (TPSA) is 84.6 Å². The van der Waals surface area contributed by atoms with Gasteiger partial charge in [-0.2, -0.15) is 0 Å². The Balaban J connectivity index is 1.82. The molecule has 0 heterocycles. The third-order valence-corrected chi connectivity index (χ3v) is 2.89. The molecule has 2 aromatic rings. The lowest BCUT2D eigenvalue weighted by atomic mass is 10.1. The molecule has 0 saturated heterocycles. The number of nitrogens with two attached hydrogens (primary N) is 1. The van der Waals surface area contributed by atoms with E-state index < -0.39 is 0 Å². The second-order valence-electron chi connectivity index (χ2n) is 4.58. The van der Waals surface area contributed by atoms with Crippen molar-refractivity contribution in [1.82, 2.24) is 0 Å². The van der Waals surface area contributed by atoms with Crippen molar-refractivity contribution >= 4 is 17.3 Å². The molecule has 4 N–H and O–H groups in total. The molecular formula is C16H18N2O3. The summed E-state index contributed by atoms with van der Waals surface area (Å²) >= 11 is 0. The Morgan fingerprint density at radius 2 is 1.76 bits per heavy atom. The first-order valence-corrected chi connectivity index (χ1v) is 6.65. The molecule has 2 rings (SSSR count). The van der Waals surface area contributed by atoms with E-state index in [-0.39, 0.29) is 19.1 Å². The summed E-state index contributed by atoms with van der Waals surface area (Å²) in [6.45, 7) is 0.0451. The average molecular weight is 286 g/mol. The number of carbonyl (C=O) groups is 1. The zero-order chi connectivity index (χ0) is 15.1. The highest BCUT2D eigenvalue weighted by atomic mass is 16.5. The summed E-state index contributed by atoms with van der Waals surface area (Å²) in [6.07, 6.45) is 0.606. The molecule has 0 radical (unpaired) electrons. The molecule has 21 heavy (non-hydrogen) atoms. The smallest absolute Gasteiger partial charge is 0.262 e. The fraction of sp³-hybridized carbons (Fsp3) is 0.188. The van der Waals surface area contributed by atoms with Gasteiger partial charge in [0.25, 0.3) is 5.91 Å². The number of rotatable bonds is 6. The number of hydrogen-bond donors (Lipinski definition) is 3. The Bertz CT molecular complexity index is 579. The van der Waals surface area contributed by atoms with Gasteiger partial charge in [-0.15, -0.1) is 0 Å². The second kappa shape index (κ2) is 7.31. The van der Waals surface area contributed by atoms with Crippen LogP contribution >= 0.6 is 0 Å². The van der Waals surface area contributed by atoms with E-state index in [4.69, 9.17) is 15.6 Å². The number of anilines is 2. The molecule has 2 aromatic carbocycles. The van der Waals surface area contributed by atoms with E-state index in [1.54, 1.807) is 36.4 Å². The van der Waals surface area contributed by atoms with E-state index in [0.717, 1.165) is 5.56 Å². The number of aliphatic hydroxyl groups is 1. The SMILES string of the molecule is Nc1ccc(OCC(=O)Nc2ccc(CCO)cc2)cc1. The molecule has 110 valence electrons. The van der Waals surface area contributed by atoms with Crippen LogP contribution in [0, 0.1) is 0 Å². The second-order valence-corrected chi connectivity index (χ2v) is 4.58. The van der Waals surface area contributed by atoms with Crippen LogP contribution in [0.5, 0.6) is 5.75 Å². The van der Waals surface area contributed by atoms with E-state index in [9.17, 15) is 4.79 Å². The van der Waals surface area contributed by atoms with Crippen molar-refractivity contribution in [2.24, 2.45) is 0 Å². The van der Waals surface area contributed by atoms with Crippen molar-refractivity contribution in [1.29, 1.82) is 0 Å². The lowest BCUT2D eigenvalue weighted by Gasteiger charge is -2.08. The maximum absolute atomic E-state index is 11.8. The van der Waals surface area contributed by atoms with Gasteiger partial charge in [0.2, 0.25) is 0 Å². The van der Waals surface area contributed by atoms with Gasteiger partial charge in [0, 0.05) is 18.0 Å². The number of hydrogen-bond acceptors (Lipinski definition) is 4. The van der Waals surface area contributed by atoms with Crippen LogP contribution in [0.25, 0.3) is 0 Å². The van der Waals surface area contributed by atoms with Crippen LogP contribution in [0.2, 0.25) is 0 Å². The van der Waals surface area contributed by atoms with Crippen molar-refractivity contribution in [3.05, 3.63) is 54.1 Å². The first kappa shape index (κ1) is 14.9. The monoisotopic (exact) mass is 286 g/mol. The average Bonchev–Trinajstić information content (AvgIpc) is 2.49. The van der Waals surface area contributed by atoms with Gasteiger partial charge in [-0.3, -0.25) is 4.79 Å². The molecule has 1 amide bonds. The van der Waals surface area contributed by atoms with Gasteiger partial charge in [-0.05, 0) is 48.4 Å². The number of benzene rings is 2. The fourth-order valence-corrected chi connectivity index (χ4v) is 1.79. The summed E-state index contributed by atoms with van der Waals surface area (Å²) in [7, 11) is 0. The Morgan fingerprint density at radius 1 is 1.10 bits per heavy atom. The molecule has 5 nitrogen and oxygen atoms in total. The summed E-state index contributed by atoms with van der Waals surface area (Å²) in [5, 5.41) is 11.6. The number of amides is 1. The summed E-state index contributed by atoms with van der Waals surface area (Å²) in [5.74, 6) is 0.361. The molecule has 0 saturated carbocycles. The molecule has 0 aliphatic rings. The van der Waals surface area contributed by atoms with Crippen LogP contribution in [0.4, 0.5) is 11.4 Å². The molecule has 0 aliphatic carbocycles. The van der Waals surface area contributed by atoms with E-state index >= 15 is 0 Å². The summed E-state index contributed by atoms with van der Waals surface area (Å²) in [4.78, 5) is 11.8. The van der Waals surface area contributed by atoms with Crippen LogP contribution in [0.15, 0.2) is 48.5 Å². The lowest BCUT2D eigenvalue weighted by Crippen LogP contribution is -2.20. The molecule has 0 unspecified atom stereocenters. The number of carbonyl (C=O) groups excluding carboxylic acids is 1. The van der Waals surface area contributed by atoms with Crippen molar-refractivity contribution < 1.29 is 14.6 Å². The predicted octanol–water partition coefficient (Wildman–Crippen LogP) is 1.82. The highest BCUT2D eigenvalue weighted by molar-refractivity contribution is 5.91. The Labute approximate surface area is 123 Å². The van der Waals surface area contributed by atoms with E-state index in [2.05, 4.69) is 5.32 Å². The van der Waals surface area contributed by atoms with Crippen LogP contribution in [0.3, 0.4) is 0 Å². The summed E-state index contributed by atoms with van der Waals surface area (Å²) in [6, 6.07) is 14.2. The molecule has 0 bridgehead atoms. The third-order valence-electron chi connectivity index (χ3n) is 2.89.